The minimum Gasteiger partial charge on any atom is -0.368 e. The normalized spacial score (nSPS) is 20.5. The summed E-state index contributed by atoms with van der Waals surface area (Å²) in [5.74, 6) is -0.657. The van der Waals surface area contributed by atoms with E-state index in [1.54, 1.807) is 0 Å². The Hall–Kier alpha value is -2.91. The molecule has 6 nitrogen and oxygen atoms in total. The summed E-state index contributed by atoms with van der Waals surface area (Å²) in [5.41, 5.74) is 12.0. The summed E-state index contributed by atoms with van der Waals surface area (Å²) >= 11 is 0. The Balaban J connectivity index is 0.000000218. The molecule has 9 heteroatoms. The van der Waals surface area contributed by atoms with Crippen molar-refractivity contribution in [3.63, 3.8) is 0 Å². The maximum Gasteiger partial charge on any atom is 0.416 e. The van der Waals surface area contributed by atoms with Gasteiger partial charge in [-0.2, -0.15) is 13.2 Å². The first-order chi connectivity index (χ1) is 15.5. The van der Waals surface area contributed by atoms with Gasteiger partial charge in [0.1, 0.15) is 12.1 Å². The molecule has 1 spiro atoms. The highest BCUT2D eigenvalue weighted by atomic mass is 19.4. The van der Waals surface area contributed by atoms with Crippen molar-refractivity contribution in [2.24, 2.45) is 11.5 Å². The van der Waals surface area contributed by atoms with Crippen LogP contribution in [-0.2, 0) is 15.8 Å². The number of halogens is 3. The lowest BCUT2D eigenvalue weighted by Gasteiger charge is -2.33. The molecular formula is C24H29F3N4O2. The Bertz CT molecular complexity index is 969. The third-order valence-corrected chi connectivity index (χ3v) is 6.07. The van der Waals surface area contributed by atoms with Gasteiger partial charge in [0.15, 0.2) is 0 Å². The van der Waals surface area contributed by atoms with Gasteiger partial charge in [-0.25, -0.2) is 0 Å². The van der Waals surface area contributed by atoms with Gasteiger partial charge in [-0.05, 0) is 55.9 Å². The monoisotopic (exact) mass is 462 g/mol. The Labute approximate surface area is 190 Å². The van der Waals surface area contributed by atoms with Crippen LogP contribution in [-0.4, -0.2) is 17.5 Å². The average Bonchev–Trinajstić information content (AvgIpc) is 3.09. The summed E-state index contributed by atoms with van der Waals surface area (Å²) < 4.78 is 37.7. The van der Waals surface area contributed by atoms with Gasteiger partial charge in [-0.1, -0.05) is 48.4 Å². The molecule has 33 heavy (non-hydrogen) atoms. The van der Waals surface area contributed by atoms with E-state index in [9.17, 15) is 22.8 Å². The number of hydrogen-bond acceptors (Lipinski definition) is 4. The lowest BCUT2D eigenvalue weighted by atomic mass is 9.89. The first kappa shape index (κ1) is 24.7. The standard InChI is InChI=1S/C15H17F3N2O.C9H12N2O/c16-15(17,18)11-6-4-10(5-7-11)12-13(21)20-14(19-12)8-2-1-3-9-14;1-6-2-4-7(5-3-6)8(10)9(11)12/h4-7,12,19H,1-3,8-9H2,(H,20,21);2-5,8H,10H2,1H3,(H2,11,12). The Morgan fingerprint density at radius 1 is 1.03 bits per heavy atom. The second kappa shape index (κ2) is 9.93. The van der Waals surface area contributed by atoms with Crippen LogP contribution in [0.4, 0.5) is 13.2 Å². The van der Waals surface area contributed by atoms with Crippen LogP contribution in [0.5, 0.6) is 0 Å². The van der Waals surface area contributed by atoms with Gasteiger partial charge >= 0.3 is 6.18 Å². The number of carbonyl (C=O) groups is 2. The number of carbonyl (C=O) groups excluding carboxylic acids is 2. The number of hydrogen-bond donors (Lipinski definition) is 4. The fourth-order valence-electron chi connectivity index (χ4n) is 4.15. The van der Waals surface area contributed by atoms with Gasteiger partial charge in [-0.15, -0.1) is 0 Å². The van der Waals surface area contributed by atoms with E-state index in [1.807, 2.05) is 31.2 Å². The van der Waals surface area contributed by atoms with E-state index in [1.165, 1.54) is 12.1 Å². The molecule has 2 atom stereocenters. The molecule has 1 aliphatic heterocycles. The van der Waals surface area contributed by atoms with Crippen LogP contribution < -0.4 is 22.1 Å². The van der Waals surface area contributed by atoms with Crippen molar-refractivity contribution in [3.8, 4) is 0 Å². The van der Waals surface area contributed by atoms with Gasteiger partial charge in [0.2, 0.25) is 11.8 Å². The van der Waals surface area contributed by atoms with Crippen LogP contribution in [0, 0.1) is 6.92 Å². The molecule has 2 unspecified atom stereocenters. The summed E-state index contributed by atoms with van der Waals surface area (Å²) in [7, 11) is 0. The van der Waals surface area contributed by atoms with Crippen molar-refractivity contribution in [2.75, 3.05) is 0 Å². The SMILES string of the molecule is Cc1ccc(C(N)C(N)=O)cc1.O=C1NC2(CCCCC2)NC1c1ccc(C(F)(F)F)cc1. The molecule has 0 aromatic heterocycles. The maximum absolute atomic E-state index is 12.6. The van der Waals surface area contributed by atoms with Crippen LogP contribution in [0.2, 0.25) is 0 Å². The number of nitrogens with one attached hydrogen (secondary N) is 2. The smallest absolute Gasteiger partial charge is 0.368 e. The first-order valence-corrected chi connectivity index (χ1v) is 10.9. The molecule has 178 valence electrons. The van der Waals surface area contributed by atoms with E-state index < -0.39 is 29.7 Å². The quantitative estimate of drug-likeness (QED) is 0.559. The molecule has 1 heterocycles. The van der Waals surface area contributed by atoms with Crippen LogP contribution >= 0.6 is 0 Å². The van der Waals surface area contributed by atoms with Gasteiger partial charge in [0.25, 0.3) is 0 Å². The van der Waals surface area contributed by atoms with Crippen molar-refractivity contribution in [1.29, 1.82) is 0 Å². The van der Waals surface area contributed by atoms with E-state index in [0.717, 1.165) is 55.4 Å². The number of nitrogens with two attached hydrogens (primary N) is 2. The molecule has 2 aromatic carbocycles. The zero-order valence-electron chi connectivity index (χ0n) is 18.4. The first-order valence-electron chi connectivity index (χ1n) is 10.9. The number of benzene rings is 2. The lowest BCUT2D eigenvalue weighted by molar-refractivity contribution is -0.137. The molecule has 1 saturated heterocycles. The minimum absolute atomic E-state index is 0.156. The molecule has 2 aliphatic rings. The van der Waals surface area contributed by atoms with E-state index in [-0.39, 0.29) is 11.6 Å². The van der Waals surface area contributed by atoms with Crippen LogP contribution in [0.25, 0.3) is 0 Å². The molecule has 1 aliphatic carbocycles. The predicted octanol–water partition coefficient (Wildman–Crippen LogP) is 3.61. The molecule has 0 radical (unpaired) electrons. The molecule has 2 fully saturated rings. The van der Waals surface area contributed by atoms with Gasteiger partial charge in [-0.3, -0.25) is 14.9 Å². The van der Waals surface area contributed by atoms with Crippen molar-refractivity contribution in [2.45, 2.75) is 63.0 Å². The topological polar surface area (TPSA) is 110 Å². The zero-order valence-corrected chi connectivity index (χ0v) is 18.4. The van der Waals surface area contributed by atoms with Crippen molar-refractivity contribution < 1.29 is 22.8 Å². The Morgan fingerprint density at radius 2 is 1.61 bits per heavy atom. The van der Waals surface area contributed by atoms with Crippen LogP contribution in [0.1, 0.15) is 66.4 Å². The van der Waals surface area contributed by atoms with Crippen LogP contribution in [0.15, 0.2) is 48.5 Å². The number of primary amides is 1. The molecular weight excluding hydrogens is 433 g/mol. The van der Waals surface area contributed by atoms with E-state index in [0.29, 0.717) is 5.56 Å². The van der Waals surface area contributed by atoms with E-state index in [2.05, 4.69) is 10.6 Å². The third kappa shape index (κ3) is 6.11. The maximum atomic E-state index is 12.6. The summed E-state index contributed by atoms with van der Waals surface area (Å²) in [4.78, 5) is 22.8. The second-order valence-corrected chi connectivity index (χ2v) is 8.62. The largest absolute Gasteiger partial charge is 0.416 e. The van der Waals surface area contributed by atoms with Crippen molar-refractivity contribution >= 4 is 11.8 Å². The number of alkyl halides is 3. The number of rotatable bonds is 3. The zero-order chi connectivity index (χ0) is 24.2. The van der Waals surface area contributed by atoms with Gasteiger partial charge in [0.05, 0.1) is 11.2 Å². The Kier molecular flexibility index (Phi) is 7.44. The highest BCUT2D eigenvalue weighted by Crippen LogP contribution is 2.35. The van der Waals surface area contributed by atoms with E-state index >= 15 is 0 Å². The van der Waals surface area contributed by atoms with Crippen LogP contribution in [0.3, 0.4) is 0 Å². The van der Waals surface area contributed by atoms with Crippen molar-refractivity contribution in [3.05, 3.63) is 70.8 Å². The Morgan fingerprint density at radius 3 is 2.12 bits per heavy atom. The molecule has 2 aromatic rings. The van der Waals surface area contributed by atoms with E-state index in [4.69, 9.17) is 11.5 Å². The van der Waals surface area contributed by atoms with Crippen molar-refractivity contribution in [1.82, 2.24) is 10.6 Å². The molecule has 6 N–H and O–H groups in total. The highest BCUT2D eigenvalue weighted by molar-refractivity contribution is 5.86. The average molecular weight is 463 g/mol. The van der Waals surface area contributed by atoms with Gasteiger partial charge < -0.3 is 16.8 Å². The number of aryl methyl sites for hydroxylation is 1. The minimum atomic E-state index is -4.35. The highest BCUT2D eigenvalue weighted by Gasteiger charge is 2.44. The predicted molar refractivity (Wildman–Crippen MR) is 119 cm³/mol. The van der Waals surface area contributed by atoms with Gasteiger partial charge in [0, 0.05) is 0 Å². The molecule has 1 saturated carbocycles. The number of amides is 2. The second-order valence-electron chi connectivity index (χ2n) is 8.62. The molecule has 2 amide bonds. The lowest BCUT2D eigenvalue weighted by Crippen LogP contribution is -2.51. The summed E-state index contributed by atoms with van der Waals surface area (Å²) in [6, 6.07) is 11.0. The summed E-state index contributed by atoms with van der Waals surface area (Å²) in [5, 5.41) is 6.28. The molecule has 0 bridgehead atoms. The third-order valence-electron chi connectivity index (χ3n) is 6.07. The summed E-state index contributed by atoms with van der Waals surface area (Å²) in [6.45, 7) is 1.97. The molecule has 4 rings (SSSR count). The summed E-state index contributed by atoms with van der Waals surface area (Å²) in [6.07, 6.45) is 0.643. The fourth-order valence-corrected chi connectivity index (χ4v) is 4.15. The fraction of sp³-hybridized carbons (Fsp3) is 0.417.